The highest BCUT2D eigenvalue weighted by molar-refractivity contribution is 5.90. The summed E-state index contributed by atoms with van der Waals surface area (Å²) in [6.45, 7) is 0. The molecule has 2 aromatic carbocycles. The van der Waals surface area contributed by atoms with Gasteiger partial charge in [-0.15, -0.1) is 0 Å². The number of non-ortho nitro benzene ring substituents is 1. The molecule has 0 aliphatic heterocycles. The minimum Gasteiger partial charge on any atom is -0.493 e. The summed E-state index contributed by atoms with van der Waals surface area (Å²) in [5.41, 5.74) is 1.25. The van der Waals surface area contributed by atoms with Gasteiger partial charge in [-0.05, 0) is 41.5 Å². The topological polar surface area (TPSA) is 141 Å². The lowest BCUT2D eigenvalue weighted by Crippen LogP contribution is -1.94. The van der Waals surface area contributed by atoms with Crippen molar-refractivity contribution in [2.45, 2.75) is 0 Å². The Balaban J connectivity index is 1.86. The van der Waals surface area contributed by atoms with Crippen LogP contribution in [0.1, 0.15) is 11.1 Å². The van der Waals surface area contributed by atoms with Gasteiger partial charge in [0.15, 0.2) is 11.5 Å². The molecule has 0 aliphatic carbocycles. The van der Waals surface area contributed by atoms with Gasteiger partial charge in [0.2, 0.25) is 5.88 Å². The summed E-state index contributed by atoms with van der Waals surface area (Å²) in [4.78, 5) is 24.3. The molecular weight excluding hydrogens is 404 g/mol. The highest BCUT2D eigenvalue weighted by Gasteiger charge is 2.11. The highest BCUT2D eigenvalue weighted by Crippen LogP contribution is 2.33. The lowest BCUT2D eigenvalue weighted by Gasteiger charge is -2.10. The van der Waals surface area contributed by atoms with Crippen molar-refractivity contribution in [2.75, 3.05) is 7.11 Å². The largest absolute Gasteiger partial charge is 0.493 e. The van der Waals surface area contributed by atoms with Gasteiger partial charge >= 0.3 is 0 Å². The number of allylic oxidation sites excluding steroid dienone is 1. The van der Waals surface area contributed by atoms with Gasteiger partial charge in [-0.3, -0.25) is 20.2 Å². The van der Waals surface area contributed by atoms with Crippen molar-refractivity contribution in [1.82, 2.24) is 4.98 Å². The average molecular weight is 418 g/mol. The van der Waals surface area contributed by atoms with Crippen molar-refractivity contribution in [3.8, 4) is 23.4 Å². The molecule has 0 aliphatic rings. The molecule has 10 heteroatoms. The van der Waals surface area contributed by atoms with Gasteiger partial charge in [-0.1, -0.05) is 6.07 Å². The fourth-order valence-corrected chi connectivity index (χ4v) is 2.62. The first kappa shape index (κ1) is 20.9. The summed E-state index contributed by atoms with van der Waals surface area (Å²) in [6.07, 6.45) is 2.69. The monoisotopic (exact) mass is 418 g/mol. The van der Waals surface area contributed by atoms with Crippen LogP contribution in [0.25, 0.3) is 11.6 Å². The second-order valence-electron chi connectivity index (χ2n) is 6.10. The van der Waals surface area contributed by atoms with Crippen LogP contribution in [0.4, 0.5) is 11.4 Å². The molecule has 0 unspecified atom stereocenters. The van der Waals surface area contributed by atoms with E-state index in [1.165, 1.54) is 43.5 Å². The zero-order valence-corrected chi connectivity index (χ0v) is 16.1. The van der Waals surface area contributed by atoms with E-state index in [0.29, 0.717) is 28.2 Å². The summed E-state index contributed by atoms with van der Waals surface area (Å²) in [7, 11) is 1.44. The van der Waals surface area contributed by atoms with E-state index in [9.17, 15) is 25.5 Å². The second kappa shape index (κ2) is 9.15. The number of ether oxygens (including phenoxy) is 2. The predicted octanol–water partition coefficient (Wildman–Crippen LogP) is 4.76. The van der Waals surface area contributed by atoms with Gasteiger partial charge in [0.1, 0.15) is 6.20 Å². The average Bonchev–Trinajstić information content (AvgIpc) is 2.78. The maximum absolute atomic E-state index is 10.8. The first-order valence-corrected chi connectivity index (χ1v) is 8.74. The molecule has 0 fully saturated rings. The third-order valence-electron chi connectivity index (χ3n) is 4.15. The van der Waals surface area contributed by atoms with Gasteiger partial charge < -0.3 is 9.47 Å². The highest BCUT2D eigenvalue weighted by atomic mass is 16.6. The Labute approximate surface area is 175 Å². The third-order valence-corrected chi connectivity index (χ3v) is 4.15. The van der Waals surface area contributed by atoms with Crippen LogP contribution in [0.5, 0.6) is 17.4 Å². The minimum atomic E-state index is -0.559. The standard InChI is InChI=1S/C21H14N4O6/c1-30-20-11-14(10-16(12-22)15-3-5-17(6-4-15)24(26)27)2-8-19(20)31-21-9-7-18(13-23-21)25(28)29/h2-11,13H,1H3/b16-10-. The van der Waals surface area contributed by atoms with Crippen LogP contribution in [0.3, 0.4) is 0 Å². The van der Waals surface area contributed by atoms with Crippen molar-refractivity contribution < 1.29 is 19.3 Å². The molecule has 3 aromatic rings. The van der Waals surface area contributed by atoms with Gasteiger partial charge in [0, 0.05) is 24.3 Å². The number of rotatable bonds is 7. The van der Waals surface area contributed by atoms with E-state index in [4.69, 9.17) is 9.47 Å². The SMILES string of the molecule is COc1cc(/C=C(/C#N)c2ccc([N+](=O)[O-])cc2)ccc1Oc1ccc([N+](=O)[O-])cn1. The third kappa shape index (κ3) is 4.99. The molecule has 0 saturated carbocycles. The van der Waals surface area contributed by atoms with E-state index in [-0.39, 0.29) is 17.3 Å². The van der Waals surface area contributed by atoms with E-state index in [1.54, 1.807) is 24.3 Å². The van der Waals surface area contributed by atoms with Gasteiger partial charge in [0.05, 0.1) is 28.6 Å². The van der Waals surface area contributed by atoms with Crippen molar-refractivity contribution in [3.05, 3.63) is 92.1 Å². The number of nitriles is 1. The Bertz CT molecular complexity index is 1200. The Morgan fingerprint density at radius 3 is 2.23 bits per heavy atom. The molecule has 31 heavy (non-hydrogen) atoms. The van der Waals surface area contributed by atoms with E-state index in [1.807, 2.05) is 0 Å². The first-order valence-electron chi connectivity index (χ1n) is 8.74. The fraction of sp³-hybridized carbons (Fsp3) is 0.0476. The molecule has 0 saturated heterocycles. The minimum absolute atomic E-state index is 0.0657. The lowest BCUT2D eigenvalue weighted by atomic mass is 10.0. The van der Waals surface area contributed by atoms with E-state index < -0.39 is 9.85 Å². The predicted molar refractivity (Wildman–Crippen MR) is 111 cm³/mol. The van der Waals surface area contributed by atoms with E-state index in [0.717, 1.165) is 6.20 Å². The Morgan fingerprint density at radius 2 is 1.68 bits per heavy atom. The van der Waals surface area contributed by atoms with Gasteiger partial charge in [-0.25, -0.2) is 4.98 Å². The van der Waals surface area contributed by atoms with Crippen molar-refractivity contribution >= 4 is 23.0 Å². The molecule has 0 atom stereocenters. The first-order chi connectivity index (χ1) is 14.9. The fourth-order valence-electron chi connectivity index (χ4n) is 2.62. The summed E-state index contributed by atoms with van der Waals surface area (Å²) in [6, 6.07) is 15.3. The molecule has 0 spiro atoms. The number of hydrogen-bond acceptors (Lipinski definition) is 8. The molecule has 154 valence electrons. The van der Waals surface area contributed by atoms with E-state index in [2.05, 4.69) is 11.1 Å². The van der Waals surface area contributed by atoms with Crippen molar-refractivity contribution in [3.63, 3.8) is 0 Å². The molecular formula is C21H14N4O6. The van der Waals surface area contributed by atoms with Gasteiger partial charge in [0.25, 0.3) is 11.4 Å². The number of pyridine rings is 1. The number of hydrogen-bond donors (Lipinski definition) is 0. The molecule has 1 heterocycles. The number of nitrogens with zero attached hydrogens (tertiary/aromatic N) is 4. The van der Waals surface area contributed by atoms with Crippen molar-refractivity contribution in [1.29, 1.82) is 5.26 Å². The molecule has 1 aromatic heterocycles. The zero-order chi connectivity index (χ0) is 22.4. The molecule has 0 radical (unpaired) electrons. The number of nitro groups is 2. The lowest BCUT2D eigenvalue weighted by molar-refractivity contribution is -0.385. The summed E-state index contributed by atoms with van der Waals surface area (Å²) >= 11 is 0. The van der Waals surface area contributed by atoms with Crippen LogP contribution in [-0.2, 0) is 0 Å². The van der Waals surface area contributed by atoms with Crippen LogP contribution in [-0.4, -0.2) is 21.9 Å². The smallest absolute Gasteiger partial charge is 0.287 e. The summed E-state index contributed by atoms with van der Waals surface area (Å²) < 4.78 is 11.0. The number of benzene rings is 2. The van der Waals surface area contributed by atoms with Crippen molar-refractivity contribution in [2.24, 2.45) is 0 Å². The quantitative estimate of drug-likeness (QED) is 0.231. The molecule has 10 nitrogen and oxygen atoms in total. The Morgan fingerprint density at radius 1 is 1.00 bits per heavy atom. The number of methoxy groups -OCH3 is 1. The maximum Gasteiger partial charge on any atom is 0.287 e. The normalized spacial score (nSPS) is 10.8. The van der Waals surface area contributed by atoms with Crippen LogP contribution >= 0.6 is 0 Å². The molecule has 0 amide bonds. The molecule has 0 N–H and O–H groups in total. The summed E-state index contributed by atoms with van der Waals surface area (Å²) in [5, 5.41) is 31.0. The second-order valence-corrected chi connectivity index (χ2v) is 6.10. The molecule has 0 bridgehead atoms. The van der Waals surface area contributed by atoms with Crippen LogP contribution in [0.2, 0.25) is 0 Å². The molecule has 3 rings (SSSR count). The Hall–Kier alpha value is -4.78. The van der Waals surface area contributed by atoms with Gasteiger partial charge in [-0.2, -0.15) is 5.26 Å². The van der Waals surface area contributed by atoms with Crippen LogP contribution in [0, 0.1) is 31.6 Å². The number of aromatic nitrogens is 1. The van der Waals surface area contributed by atoms with Crippen LogP contribution < -0.4 is 9.47 Å². The van der Waals surface area contributed by atoms with Crippen LogP contribution in [0.15, 0.2) is 60.8 Å². The van der Waals surface area contributed by atoms with E-state index >= 15 is 0 Å². The number of nitro benzene ring substituents is 1. The zero-order valence-electron chi connectivity index (χ0n) is 16.1. The Kier molecular flexibility index (Phi) is 6.18. The summed E-state index contributed by atoms with van der Waals surface area (Å²) in [5.74, 6) is 0.834. The maximum atomic E-state index is 10.8.